The number of hydrogen-bond acceptors (Lipinski definition) is 3. The Bertz CT molecular complexity index is 1200. The molecular formula is C28H32N2O2. The van der Waals surface area contributed by atoms with Crippen molar-refractivity contribution in [3.05, 3.63) is 89.2 Å². The summed E-state index contributed by atoms with van der Waals surface area (Å²) in [6.07, 6.45) is 0. The zero-order chi connectivity index (χ0) is 22.7. The fourth-order valence-electron chi connectivity index (χ4n) is 3.80. The predicted octanol–water partition coefficient (Wildman–Crippen LogP) is 6.61. The van der Waals surface area contributed by atoms with E-state index < -0.39 is 0 Å². The Morgan fingerprint density at radius 2 is 1.62 bits per heavy atom. The maximum Gasteiger partial charge on any atom is 0.148 e. The lowest BCUT2D eigenvalue weighted by Crippen LogP contribution is -2.13. The monoisotopic (exact) mass is 428 g/mol. The van der Waals surface area contributed by atoms with Crippen molar-refractivity contribution in [3.63, 3.8) is 0 Å². The van der Waals surface area contributed by atoms with Gasteiger partial charge in [-0.1, -0.05) is 57.2 Å². The molecule has 0 fully saturated rings. The van der Waals surface area contributed by atoms with Crippen LogP contribution < -0.4 is 9.47 Å². The minimum absolute atomic E-state index is 0.138. The van der Waals surface area contributed by atoms with Gasteiger partial charge in [-0.05, 0) is 66.3 Å². The maximum absolute atomic E-state index is 6.16. The predicted molar refractivity (Wildman–Crippen MR) is 131 cm³/mol. The quantitative estimate of drug-likeness (QED) is 0.332. The van der Waals surface area contributed by atoms with Gasteiger partial charge in [-0.15, -0.1) is 0 Å². The van der Waals surface area contributed by atoms with Crippen LogP contribution in [0.15, 0.2) is 66.7 Å². The molecule has 4 rings (SSSR count). The highest BCUT2D eigenvalue weighted by Gasteiger charge is 2.14. The Morgan fingerprint density at radius 1 is 0.875 bits per heavy atom. The molecule has 3 aromatic carbocycles. The van der Waals surface area contributed by atoms with Gasteiger partial charge in [0, 0.05) is 0 Å². The minimum Gasteiger partial charge on any atom is -0.492 e. The van der Waals surface area contributed by atoms with Gasteiger partial charge in [-0.25, -0.2) is 4.98 Å². The minimum atomic E-state index is 0.138. The van der Waals surface area contributed by atoms with Crippen LogP contribution in [0.25, 0.3) is 11.0 Å². The molecule has 0 radical (unpaired) electrons. The van der Waals surface area contributed by atoms with Crippen LogP contribution in [0.1, 0.15) is 43.3 Å². The highest BCUT2D eigenvalue weighted by Crippen LogP contribution is 2.25. The number of ether oxygens (including phenoxy) is 2. The van der Waals surface area contributed by atoms with E-state index in [0.717, 1.165) is 33.9 Å². The lowest BCUT2D eigenvalue weighted by molar-refractivity contribution is 0.271. The summed E-state index contributed by atoms with van der Waals surface area (Å²) < 4.78 is 14.4. The number of rotatable bonds is 7. The molecule has 166 valence electrons. The third kappa shape index (κ3) is 4.96. The molecule has 0 unspecified atom stereocenters. The lowest BCUT2D eigenvalue weighted by Gasteiger charge is -2.19. The number of benzene rings is 3. The molecule has 1 heterocycles. The average molecular weight is 429 g/mol. The van der Waals surface area contributed by atoms with E-state index in [2.05, 4.69) is 87.7 Å². The number of para-hydroxylation sites is 2. The largest absolute Gasteiger partial charge is 0.492 e. The van der Waals surface area contributed by atoms with Crippen LogP contribution in [0.2, 0.25) is 0 Å². The third-order valence-electron chi connectivity index (χ3n) is 5.74. The molecule has 0 aliphatic rings. The number of aromatic nitrogens is 2. The molecule has 0 bridgehead atoms. The van der Waals surface area contributed by atoms with E-state index >= 15 is 0 Å². The molecule has 0 aliphatic heterocycles. The van der Waals surface area contributed by atoms with Gasteiger partial charge in [0.1, 0.15) is 30.5 Å². The van der Waals surface area contributed by atoms with Gasteiger partial charge in [0.25, 0.3) is 0 Å². The zero-order valence-corrected chi connectivity index (χ0v) is 19.7. The zero-order valence-electron chi connectivity index (χ0n) is 19.7. The van der Waals surface area contributed by atoms with Crippen molar-refractivity contribution in [3.8, 4) is 11.5 Å². The van der Waals surface area contributed by atoms with Crippen molar-refractivity contribution in [1.82, 2.24) is 9.55 Å². The Balaban J connectivity index is 1.48. The highest BCUT2D eigenvalue weighted by molar-refractivity contribution is 5.75. The second kappa shape index (κ2) is 9.07. The van der Waals surface area contributed by atoms with E-state index in [9.17, 15) is 0 Å². The summed E-state index contributed by atoms with van der Waals surface area (Å²) in [5, 5.41) is 0. The molecule has 0 saturated heterocycles. The van der Waals surface area contributed by atoms with Crippen LogP contribution in [0.5, 0.6) is 11.5 Å². The first kappa shape index (κ1) is 21.9. The summed E-state index contributed by atoms with van der Waals surface area (Å²) >= 11 is 0. The number of imidazole rings is 1. The van der Waals surface area contributed by atoms with E-state index in [4.69, 9.17) is 14.5 Å². The molecular weight excluding hydrogens is 396 g/mol. The SMILES string of the molecule is Cc1ccc(C)c(OCc2nc3ccccc3n2CCOc2ccc(C(C)(C)C)cc2)c1. The van der Waals surface area contributed by atoms with Gasteiger partial charge in [0.2, 0.25) is 0 Å². The summed E-state index contributed by atoms with van der Waals surface area (Å²) in [6.45, 7) is 12.5. The normalized spacial score (nSPS) is 11.7. The van der Waals surface area contributed by atoms with E-state index in [1.807, 2.05) is 18.2 Å². The molecule has 1 aromatic heterocycles. The smallest absolute Gasteiger partial charge is 0.148 e. The molecule has 0 spiro atoms. The van der Waals surface area contributed by atoms with Crippen molar-refractivity contribution in [2.24, 2.45) is 0 Å². The number of aryl methyl sites for hydroxylation is 2. The van der Waals surface area contributed by atoms with Crippen molar-refractivity contribution < 1.29 is 9.47 Å². The molecule has 4 aromatic rings. The van der Waals surface area contributed by atoms with Crippen LogP contribution in [0.3, 0.4) is 0 Å². The van der Waals surface area contributed by atoms with Crippen molar-refractivity contribution in [2.45, 2.75) is 53.2 Å². The molecule has 0 amide bonds. The number of hydrogen-bond donors (Lipinski definition) is 0. The fraction of sp³-hybridized carbons (Fsp3) is 0.321. The van der Waals surface area contributed by atoms with Gasteiger partial charge in [0.05, 0.1) is 17.6 Å². The second-order valence-electron chi connectivity index (χ2n) is 9.35. The van der Waals surface area contributed by atoms with Crippen LogP contribution in [-0.2, 0) is 18.6 Å². The first-order valence-corrected chi connectivity index (χ1v) is 11.2. The lowest BCUT2D eigenvalue weighted by atomic mass is 9.87. The summed E-state index contributed by atoms with van der Waals surface area (Å²) in [5.41, 5.74) is 5.82. The number of nitrogens with zero attached hydrogens (tertiary/aromatic N) is 2. The molecule has 0 atom stereocenters. The van der Waals surface area contributed by atoms with Crippen LogP contribution in [0, 0.1) is 13.8 Å². The van der Waals surface area contributed by atoms with Crippen LogP contribution in [-0.4, -0.2) is 16.2 Å². The average Bonchev–Trinajstić information content (AvgIpc) is 3.12. The van der Waals surface area contributed by atoms with Gasteiger partial charge in [0.15, 0.2) is 0 Å². The number of fused-ring (bicyclic) bond motifs is 1. The summed E-state index contributed by atoms with van der Waals surface area (Å²) in [4.78, 5) is 4.83. The van der Waals surface area contributed by atoms with Crippen LogP contribution >= 0.6 is 0 Å². The molecule has 0 N–H and O–H groups in total. The van der Waals surface area contributed by atoms with Crippen LogP contribution in [0.4, 0.5) is 0 Å². The van der Waals surface area contributed by atoms with Gasteiger partial charge < -0.3 is 14.0 Å². The highest BCUT2D eigenvalue weighted by atomic mass is 16.5. The third-order valence-corrected chi connectivity index (χ3v) is 5.74. The first-order valence-electron chi connectivity index (χ1n) is 11.2. The van der Waals surface area contributed by atoms with Crippen molar-refractivity contribution >= 4 is 11.0 Å². The molecule has 4 nitrogen and oxygen atoms in total. The summed E-state index contributed by atoms with van der Waals surface area (Å²) in [5.74, 6) is 2.69. The van der Waals surface area contributed by atoms with Gasteiger partial charge in [-0.2, -0.15) is 0 Å². The van der Waals surface area contributed by atoms with E-state index in [-0.39, 0.29) is 5.41 Å². The maximum atomic E-state index is 6.16. The molecule has 4 heteroatoms. The standard InChI is InChI=1S/C28H32N2O2/c1-20-10-11-21(2)26(18-20)32-19-27-29-24-8-6-7-9-25(24)30(27)16-17-31-23-14-12-22(13-15-23)28(3,4)5/h6-15,18H,16-17,19H2,1-5H3. The van der Waals surface area contributed by atoms with Gasteiger partial charge >= 0.3 is 0 Å². The Hall–Kier alpha value is -3.27. The van der Waals surface area contributed by atoms with E-state index in [1.165, 1.54) is 11.1 Å². The Labute approximate surface area is 190 Å². The topological polar surface area (TPSA) is 36.3 Å². The van der Waals surface area contributed by atoms with E-state index in [0.29, 0.717) is 19.8 Å². The summed E-state index contributed by atoms with van der Waals surface area (Å²) in [7, 11) is 0. The molecule has 32 heavy (non-hydrogen) atoms. The first-order chi connectivity index (χ1) is 15.3. The van der Waals surface area contributed by atoms with E-state index in [1.54, 1.807) is 0 Å². The fourth-order valence-corrected chi connectivity index (χ4v) is 3.80. The molecule has 0 aliphatic carbocycles. The second-order valence-corrected chi connectivity index (χ2v) is 9.35. The van der Waals surface area contributed by atoms with Crippen molar-refractivity contribution in [1.29, 1.82) is 0 Å². The Morgan fingerprint density at radius 3 is 2.38 bits per heavy atom. The van der Waals surface area contributed by atoms with Gasteiger partial charge in [-0.3, -0.25) is 0 Å². The molecule has 0 saturated carbocycles. The Kier molecular flexibility index (Phi) is 6.22. The summed E-state index contributed by atoms with van der Waals surface area (Å²) in [6, 6.07) is 22.9. The van der Waals surface area contributed by atoms with Crippen molar-refractivity contribution in [2.75, 3.05) is 6.61 Å².